The molecule has 0 aromatic carbocycles. The van der Waals surface area contributed by atoms with Crippen LogP contribution in [-0.4, -0.2) is 49.2 Å². The van der Waals surface area contributed by atoms with Gasteiger partial charge < -0.3 is 20.1 Å². The van der Waals surface area contributed by atoms with Crippen molar-refractivity contribution in [1.29, 1.82) is 0 Å². The number of urea groups is 1. The highest BCUT2D eigenvalue weighted by molar-refractivity contribution is 5.74. The largest absolute Gasteiger partial charge is 0.462 e. The molecule has 0 saturated heterocycles. The van der Waals surface area contributed by atoms with E-state index in [1.54, 1.807) is 0 Å². The lowest BCUT2D eigenvalue weighted by molar-refractivity contribution is -0.207. The van der Waals surface area contributed by atoms with Crippen LogP contribution in [-0.2, 0) is 11.3 Å². The van der Waals surface area contributed by atoms with Crippen LogP contribution < -0.4 is 15.4 Å². The fourth-order valence-electron chi connectivity index (χ4n) is 2.24. The van der Waals surface area contributed by atoms with Crippen molar-refractivity contribution in [3.05, 3.63) is 23.9 Å². The van der Waals surface area contributed by atoms with Crippen LogP contribution in [0.1, 0.15) is 12.0 Å². The van der Waals surface area contributed by atoms with Crippen LogP contribution in [0.2, 0.25) is 0 Å². The number of aromatic nitrogens is 1. The molecule has 1 aliphatic rings. The third-order valence-corrected chi connectivity index (χ3v) is 3.73. The third-order valence-electron chi connectivity index (χ3n) is 3.73. The number of rotatable bonds is 7. The van der Waals surface area contributed by atoms with Crippen molar-refractivity contribution < 1.29 is 40.6 Å². The molecule has 1 heterocycles. The van der Waals surface area contributed by atoms with Crippen molar-refractivity contribution in [1.82, 2.24) is 15.6 Å². The number of nitrogens with zero attached hydrogens (tertiary/aromatic N) is 1. The normalized spacial score (nSPS) is 20.7. The number of nitrogens with one attached hydrogen (secondary N) is 2. The van der Waals surface area contributed by atoms with Gasteiger partial charge in [-0.05, 0) is 18.1 Å². The minimum atomic E-state index is -4.66. The van der Waals surface area contributed by atoms with Gasteiger partial charge in [0.1, 0.15) is 0 Å². The first-order chi connectivity index (χ1) is 12.5. The van der Waals surface area contributed by atoms with Gasteiger partial charge in [-0.1, -0.05) is 0 Å². The molecule has 12 heteroatoms. The summed E-state index contributed by atoms with van der Waals surface area (Å²) in [6, 6.07) is 0.827. The van der Waals surface area contributed by atoms with Crippen LogP contribution in [0.4, 0.5) is 31.1 Å². The summed E-state index contributed by atoms with van der Waals surface area (Å²) in [7, 11) is 1.09. The summed E-state index contributed by atoms with van der Waals surface area (Å²) >= 11 is 0. The predicted molar refractivity (Wildman–Crippen MR) is 79.9 cm³/mol. The third kappa shape index (κ3) is 6.45. The lowest BCUT2D eigenvalue weighted by Gasteiger charge is -2.20. The number of carbonyl (C=O) groups is 1. The minimum Gasteiger partial charge on any atom is -0.462 e. The van der Waals surface area contributed by atoms with Crippen LogP contribution in [0, 0.1) is 5.92 Å². The van der Waals surface area contributed by atoms with Gasteiger partial charge in [0, 0.05) is 32.0 Å². The SMILES string of the molecule is COCC(Oc1cc(CNC(=O)N[C@@H]2C[C@H]2C(F)(F)F)ccn1)C(F)(F)F. The molecule has 1 unspecified atom stereocenters. The number of ether oxygens (including phenoxy) is 2. The second-order valence-corrected chi connectivity index (χ2v) is 5.92. The first-order valence-electron chi connectivity index (χ1n) is 7.79. The van der Waals surface area contributed by atoms with Gasteiger partial charge in [-0.25, -0.2) is 9.78 Å². The minimum absolute atomic E-state index is 0.130. The summed E-state index contributed by atoms with van der Waals surface area (Å²) in [6.07, 6.45) is -10.2. The standard InChI is InChI=1S/C15H17F6N3O3/c1-26-7-11(15(19,20)21)27-12-4-8(2-3-22-12)6-23-13(25)24-10-5-9(10)14(16,17)18/h2-4,9-11H,5-7H2,1H3,(H2,23,24,25)/t9-,10-,11?/m1/s1. The molecule has 1 saturated carbocycles. The van der Waals surface area contributed by atoms with E-state index >= 15 is 0 Å². The smallest absolute Gasteiger partial charge is 0.427 e. The van der Waals surface area contributed by atoms with Crippen LogP contribution in [0.15, 0.2) is 18.3 Å². The van der Waals surface area contributed by atoms with Crippen molar-refractivity contribution >= 4 is 6.03 Å². The number of amides is 2. The second-order valence-electron chi connectivity index (χ2n) is 5.92. The average molecular weight is 401 g/mol. The quantitative estimate of drug-likeness (QED) is 0.690. The van der Waals surface area contributed by atoms with Gasteiger partial charge in [0.2, 0.25) is 12.0 Å². The molecule has 0 bridgehead atoms. The highest BCUT2D eigenvalue weighted by atomic mass is 19.4. The van der Waals surface area contributed by atoms with E-state index in [4.69, 9.17) is 4.74 Å². The number of pyridine rings is 1. The van der Waals surface area contributed by atoms with Crippen molar-refractivity contribution in [3.8, 4) is 5.88 Å². The van der Waals surface area contributed by atoms with Crippen LogP contribution in [0.3, 0.4) is 0 Å². The zero-order valence-electron chi connectivity index (χ0n) is 14.0. The molecule has 3 atom stereocenters. The molecule has 0 radical (unpaired) electrons. The Morgan fingerprint density at radius 1 is 1.33 bits per heavy atom. The number of alkyl halides is 6. The zero-order chi connectivity index (χ0) is 20.2. The van der Waals surface area contributed by atoms with Gasteiger partial charge in [-0.2, -0.15) is 26.3 Å². The Bertz CT molecular complexity index is 652. The van der Waals surface area contributed by atoms with Crippen molar-refractivity contribution in [2.24, 2.45) is 5.92 Å². The van der Waals surface area contributed by atoms with E-state index in [0.29, 0.717) is 5.56 Å². The molecule has 0 spiro atoms. The maximum atomic E-state index is 12.8. The summed E-state index contributed by atoms with van der Waals surface area (Å²) in [5.41, 5.74) is 0.358. The monoisotopic (exact) mass is 401 g/mol. The Morgan fingerprint density at radius 2 is 2.04 bits per heavy atom. The molecule has 2 N–H and O–H groups in total. The van der Waals surface area contributed by atoms with E-state index in [0.717, 1.165) is 7.11 Å². The summed E-state index contributed by atoms with van der Waals surface area (Å²) < 4.78 is 84.9. The fourth-order valence-corrected chi connectivity index (χ4v) is 2.24. The van der Waals surface area contributed by atoms with Gasteiger partial charge in [-0.15, -0.1) is 0 Å². The van der Waals surface area contributed by atoms with Crippen molar-refractivity contribution in [2.75, 3.05) is 13.7 Å². The Morgan fingerprint density at radius 3 is 2.59 bits per heavy atom. The number of hydrogen-bond acceptors (Lipinski definition) is 4. The van der Waals surface area contributed by atoms with Gasteiger partial charge in [-0.3, -0.25) is 0 Å². The zero-order valence-corrected chi connectivity index (χ0v) is 14.0. The van der Waals surface area contributed by atoms with Crippen molar-refractivity contribution in [3.63, 3.8) is 0 Å². The molecule has 27 heavy (non-hydrogen) atoms. The van der Waals surface area contributed by atoms with Crippen LogP contribution >= 0.6 is 0 Å². The van der Waals surface area contributed by atoms with Crippen LogP contribution in [0.25, 0.3) is 0 Å². The summed E-state index contributed by atoms with van der Waals surface area (Å²) in [4.78, 5) is 15.3. The maximum Gasteiger partial charge on any atom is 0.427 e. The number of methoxy groups -OCH3 is 1. The first-order valence-corrected chi connectivity index (χ1v) is 7.79. The fraction of sp³-hybridized carbons (Fsp3) is 0.600. The lowest BCUT2D eigenvalue weighted by Crippen LogP contribution is -2.39. The summed E-state index contributed by atoms with van der Waals surface area (Å²) in [5.74, 6) is -1.88. The number of hydrogen-bond donors (Lipinski definition) is 2. The first kappa shape index (κ1) is 21.1. The highest BCUT2D eigenvalue weighted by Crippen LogP contribution is 2.44. The molecule has 1 aromatic heterocycles. The Hall–Kier alpha value is -2.24. The molecular weight excluding hydrogens is 384 g/mol. The van der Waals surface area contributed by atoms with Crippen LogP contribution in [0.5, 0.6) is 5.88 Å². The molecule has 1 aliphatic carbocycles. The van der Waals surface area contributed by atoms with E-state index in [1.165, 1.54) is 18.3 Å². The maximum absolute atomic E-state index is 12.8. The summed E-state index contributed by atoms with van der Waals surface area (Å²) in [5, 5.41) is 4.51. The highest BCUT2D eigenvalue weighted by Gasteiger charge is 2.56. The van der Waals surface area contributed by atoms with E-state index in [9.17, 15) is 31.1 Å². The molecule has 1 aromatic rings. The molecule has 152 valence electrons. The van der Waals surface area contributed by atoms with Gasteiger partial charge >= 0.3 is 18.4 Å². The van der Waals surface area contributed by atoms with Crippen molar-refractivity contribution in [2.45, 2.75) is 37.5 Å². The van der Waals surface area contributed by atoms with Gasteiger partial charge in [0.25, 0.3) is 0 Å². The molecule has 0 aliphatic heterocycles. The Kier molecular flexibility index (Phi) is 6.39. The Labute approximate surface area is 150 Å². The molecule has 2 rings (SSSR count). The predicted octanol–water partition coefficient (Wildman–Crippen LogP) is 2.79. The average Bonchev–Trinajstić information content (AvgIpc) is 3.31. The van der Waals surface area contributed by atoms with E-state index in [1.807, 2.05) is 0 Å². The molecule has 6 nitrogen and oxygen atoms in total. The topological polar surface area (TPSA) is 72.5 Å². The van der Waals surface area contributed by atoms with Gasteiger partial charge in [0.15, 0.2) is 0 Å². The number of carbonyl (C=O) groups excluding carboxylic acids is 1. The lowest BCUT2D eigenvalue weighted by atomic mass is 10.2. The second kappa shape index (κ2) is 8.19. The summed E-state index contributed by atoms with van der Waals surface area (Å²) in [6.45, 7) is -0.854. The molecule has 1 fully saturated rings. The Balaban J connectivity index is 1.86. The number of halogens is 6. The van der Waals surface area contributed by atoms with E-state index in [2.05, 4.69) is 20.4 Å². The molecule has 2 amide bonds. The van der Waals surface area contributed by atoms with E-state index < -0.39 is 43.1 Å². The molecular formula is C15H17F6N3O3. The van der Waals surface area contributed by atoms with Gasteiger partial charge in [0.05, 0.1) is 12.5 Å². The van der Waals surface area contributed by atoms with E-state index in [-0.39, 0.29) is 18.8 Å².